The van der Waals surface area contributed by atoms with Crippen LogP contribution in [0.4, 0.5) is 0 Å². The van der Waals surface area contributed by atoms with Crippen molar-refractivity contribution in [2.75, 3.05) is 5.88 Å². The molecule has 0 radical (unpaired) electrons. The van der Waals surface area contributed by atoms with E-state index in [0.717, 1.165) is 0 Å². The van der Waals surface area contributed by atoms with Crippen molar-refractivity contribution in [2.45, 2.75) is 0 Å². The van der Waals surface area contributed by atoms with Gasteiger partial charge < -0.3 is 0 Å². The first-order chi connectivity index (χ1) is 5.83. The molecular formula is C5H4ClN5O. The molecule has 0 amide bonds. The molecule has 0 bridgehead atoms. The van der Waals surface area contributed by atoms with Crippen LogP contribution in [0.1, 0.15) is 4.79 Å². The van der Waals surface area contributed by atoms with Crippen LogP contribution < -0.4 is 0 Å². The van der Waals surface area contributed by atoms with Crippen molar-refractivity contribution >= 4 is 23.3 Å². The van der Waals surface area contributed by atoms with Crippen molar-refractivity contribution < 1.29 is 4.79 Å². The van der Waals surface area contributed by atoms with Gasteiger partial charge in [-0.3, -0.25) is 9.36 Å². The molecule has 0 aliphatic rings. The van der Waals surface area contributed by atoms with E-state index in [1.54, 1.807) is 12.4 Å². The Bertz CT molecular complexity index is 418. The third-order valence-corrected chi connectivity index (χ3v) is 1.66. The standard InChI is InChI=1S/C5H4ClN5O/c6-3-4(12)10-1-2-11-5(10)7-8-9-11/h1-2H,3H2. The maximum Gasteiger partial charge on any atom is 0.260 e. The number of hydrogen-bond acceptors (Lipinski definition) is 4. The molecule has 0 aliphatic carbocycles. The number of tetrazole rings is 1. The number of carbonyl (C=O) groups is 1. The maximum absolute atomic E-state index is 11.1. The predicted molar refractivity (Wildman–Crippen MR) is 40.1 cm³/mol. The summed E-state index contributed by atoms with van der Waals surface area (Å²) in [6, 6.07) is 0. The smallest absolute Gasteiger partial charge is 0.260 e. The number of imidazole rings is 1. The van der Waals surface area contributed by atoms with Gasteiger partial charge in [-0.1, -0.05) is 5.10 Å². The van der Waals surface area contributed by atoms with Crippen molar-refractivity contribution in [1.82, 2.24) is 24.6 Å². The Morgan fingerprint density at radius 3 is 3.17 bits per heavy atom. The highest BCUT2D eigenvalue weighted by atomic mass is 35.5. The normalized spacial score (nSPS) is 10.8. The van der Waals surface area contributed by atoms with Crippen molar-refractivity contribution in [3.63, 3.8) is 0 Å². The number of fused-ring (bicyclic) bond motifs is 1. The van der Waals surface area contributed by atoms with Gasteiger partial charge in [0.15, 0.2) is 0 Å². The van der Waals surface area contributed by atoms with E-state index in [1.807, 2.05) is 0 Å². The highest BCUT2D eigenvalue weighted by Crippen LogP contribution is 1.99. The average molecular weight is 186 g/mol. The zero-order valence-electron chi connectivity index (χ0n) is 5.88. The highest BCUT2D eigenvalue weighted by molar-refractivity contribution is 6.27. The fourth-order valence-electron chi connectivity index (χ4n) is 0.899. The van der Waals surface area contributed by atoms with Gasteiger partial charge in [-0.25, -0.2) is 0 Å². The lowest BCUT2D eigenvalue weighted by atomic mass is 10.7. The van der Waals surface area contributed by atoms with Gasteiger partial charge >= 0.3 is 0 Å². The number of alkyl halides is 1. The van der Waals surface area contributed by atoms with Gasteiger partial charge in [0.1, 0.15) is 5.88 Å². The minimum Gasteiger partial charge on any atom is -0.273 e. The Kier molecular flexibility index (Phi) is 1.54. The van der Waals surface area contributed by atoms with Crippen LogP contribution in [-0.4, -0.2) is 36.4 Å². The second-order valence-corrected chi connectivity index (χ2v) is 2.39. The zero-order valence-corrected chi connectivity index (χ0v) is 6.64. The number of halogens is 1. The Labute approximate surface area is 71.7 Å². The number of hydrogen-bond donors (Lipinski definition) is 0. The van der Waals surface area contributed by atoms with Gasteiger partial charge in [-0.15, -0.1) is 11.6 Å². The largest absolute Gasteiger partial charge is 0.273 e. The van der Waals surface area contributed by atoms with E-state index >= 15 is 0 Å². The maximum atomic E-state index is 11.1. The number of nitrogens with zero attached hydrogens (tertiary/aromatic N) is 5. The summed E-state index contributed by atoms with van der Waals surface area (Å²) in [7, 11) is 0. The van der Waals surface area contributed by atoms with Crippen molar-refractivity contribution in [3.8, 4) is 0 Å². The molecule has 0 spiro atoms. The van der Waals surface area contributed by atoms with Crippen LogP contribution >= 0.6 is 11.6 Å². The first-order valence-electron chi connectivity index (χ1n) is 3.17. The summed E-state index contributed by atoms with van der Waals surface area (Å²) < 4.78 is 2.69. The summed E-state index contributed by atoms with van der Waals surface area (Å²) in [6.45, 7) is 0. The van der Waals surface area contributed by atoms with Gasteiger partial charge in [-0.05, 0) is 10.4 Å². The molecule has 2 heterocycles. The van der Waals surface area contributed by atoms with Gasteiger partial charge in [0.05, 0.1) is 6.20 Å². The summed E-state index contributed by atoms with van der Waals surface area (Å²) in [6.07, 6.45) is 3.13. The summed E-state index contributed by atoms with van der Waals surface area (Å²) in [5.74, 6) is 0.0408. The molecule has 0 fully saturated rings. The monoisotopic (exact) mass is 185 g/mol. The number of aromatic nitrogens is 5. The van der Waals surface area contributed by atoms with Gasteiger partial charge in [0, 0.05) is 6.20 Å². The van der Waals surface area contributed by atoms with Crippen LogP contribution in [0.5, 0.6) is 0 Å². The molecule has 0 saturated carbocycles. The van der Waals surface area contributed by atoms with Crippen LogP contribution in [0, 0.1) is 0 Å². The number of rotatable bonds is 1. The Morgan fingerprint density at radius 1 is 1.58 bits per heavy atom. The molecule has 6 nitrogen and oxygen atoms in total. The molecule has 0 unspecified atom stereocenters. The SMILES string of the molecule is O=C(CCl)n1ccn2nnnc12. The van der Waals surface area contributed by atoms with E-state index < -0.39 is 0 Å². The molecular weight excluding hydrogens is 182 g/mol. The topological polar surface area (TPSA) is 65.1 Å². The molecule has 0 N–H and O–H groups in total. The Morgan fingerprint density at radius 2 is 2.42 bits per heavy atom. The fraction of sp³-hybridized carbons (Fsp3) is 0.200. The van der Waals surface area contributed by atoms with E-state index in [2.05, 4.69) is 15.5 Å². The average Bonchev–Trinajstić information content (AvgIpc) is 2.62. The molecule has 0 aromatic carbocycles. The Hall–Kier alpha value is -1.43. The van der Waals surface area contributed by atoms with Crippen LogP contribution in [-0.2, 0) is 0 Å². The molecule has 62 valence electrons. The second kappa shape index (κ2) is 2.56. The lowest BCUT2D eigenvalue weighted by Crippen LogP contribution is -2.10. The minimum atomic E-state index is -0.249. The van der Waals surface area contributed by atoms with Crippen LogP contribution in [0.2, 0.25) is 0 Å². The fourth-order valence-corrected chi connectivity index (χ4v) is 1.03. The molecule has 12 heavy (non-hydrogen) atoms. The van der Waals surface area contributed by atoms with E-state index in [1.165, 1.54) is 9.08 Å². The second-order valence-electron chi connectivity index (χ2n) is 2.12. The van der Waals surface area contributed by atoms with Gasteiger partial charge in [0.25, 0.3) is 5.78 Å². The summed E-state index contributed by atoms with van der Waals surface area (Å²) in [4.78, 5) is 11.1. The summed E-state index contributed by atoms with van der Waals surface area (Å²) in [5, 5.41) is 10.6. The summed E-state index contributed by atoms with van der Waals surface area (Å²) in [5.41, 5.74) is 0. The predicted octanol–water partition coefficient (Wildman–Crippen LogP) is -0.195. The lowest BCUT2D eigenvalue weighted by molar-refractivity contribution is 0.0944. The molecule has 0 aliphatic heterocycles. The molecule has 0 saturated heterocycles. The van der Waals surface area contributed by atoms with Crippen molar-refractivity contribution in [1.29, 1.82) is 0 Å². The minimum absolute atomic E-state index is 0.0861. The van der Waals surface area contributed by atoms with Gasteiger partial charge in [-0.2, -0.15) is 4.52 Å². The first-order valence-corrected chi connectivity index (χ1v) is 3.70. The quantitative estimate of drug-likeness (QED) is 0.578. The van der Waals surface area contributed by atoms with Crippen LogP contribution in [0.25, 0.3) is 5.78 Å². The molecule has 2 aromatic rings. The van der Waals surface area contributed by atoms with Crippen LogP contribution in [0.15, 0.2) is 12.4 Å². The van der Waals surface area contributed by atoms with E-state index in [0.29, 0.717) is 5.78 Å². The van der Waals surface area contributed by atoms with Crippen molar-refractivity contribution in [2.24, 2.45) is 0 Å². The summed E-state index contributed by atoms with van der Waals surface area (Å²) >= 11 is 5.36. The molecule has 0 atom stereocenters. The van der Waals surface area contributed by atoms with Crippen molar-refractivity contribution in [3.05, 3.63) is 12.4 Å². The van der Waals surface area contributed by atoms with E-state index in [9.17, 15) is 4.79 Å². The molecule has 2 rings (SSSR count). The molecule has 7 heteroatoms. The van der Waals surface area contributed by atoms with E-state index in [-0.39, 0.29) is 11.8 Å². The lowest BCUT2D eigenvalue weighted by Gasteiger charge is -1.93. The van der Waals surface area contributed by atoms with E-state index in [4.69, 9.17) is 11.6 Å². The Balaban J connectivity index is 2.61. The highest BCUT2D eigenvalue weighted by Gasteiger charge is 2.09. The molecule has 2 aromatic heterocycles. The third kappa shape index (κ3) is 0.884. The van der Waals surface area contributed by atoms with Gasteiger partial charge in [0.2, 0.25) is 5.91 Å². The number of carbonyl (C=O) groups excluding carboxylic acids is 1. The zero-order chi connectivity index (χ0) is 8.55. The third-order valence-electron chi connectivity index (χ3n) is 1.43. The van der Waals surface area contributed by atoms with Crippen LogP contribution in [0.3, 0.4) is 0 Å². The first kappa shape index (κ1) is 7.23.